The first-order valence-electron chi connectivity index (χ1n) is 6.13. The van der Waals surface area contributed by atoms with Crippen LogP contribution in [0.5, 0.6) is 11.5 Å². The van der Waals surface area contributed by atoms with Crippen molar-refractivity contribution in [2.45, 2.75) is 33.1 Å². The van der Waals surface area contributed by atoms with E-state index in [0.717, 1.165) is 30.8 Å². The Morgan fingerprint density at radius 3 is 2.12 bits per heavy atom. The first-order valence-corrected chi connectivity index (χ1v) is 6.13. The van der Waals surface area contributed by atoms with Gasteiger partial charge in [-0.15, -0.1) is 12.3 Å². The maximum atomic E-state index is 5.52. The van der Waals surface area contributed by atoms with Gasteiger partial charge in [0.15, 0.2) is 0 Å². The van der Waals surface area contributed by atoms with Gasteiger partial charge in [0.25, 0.3) is 0 Å². The molecule has 0 amide bonds. The second kappa shape index (κ2) is 7.62. The molecule has 2 heteroatoms. The van der Waals surface area contributed by atoms with Crippen LogP contribution < -0.4 is 9.47 Å². The van der Waals surface area contributed by atoms with E-state index in [0.29, 0.717) is 13.2 Å². The molecule has 0 unspecified atom stereocenters. The highest BCUT2D eigenvalue weighted by molar-refractivity contribution is 5.38. The van der Waals surface area contributed by atoms with E-state index in [4.69, 9.17) is 15.9 Å². The zero-order valence-electron chi connectivity index (χ0n) is 10.7. The van der Waals surface area contributed by atoms with Crippen LogP contribution >= 0.6 is 0 Å². The molecule has 0 bridgehead atoms. The lowest BCUT2D eigenvalue weighted by Gasteiger charge is -2.10. The zero-order valence-corrected chi connectivity index (χ0v) is 10.7. The molecule has 2 nitrogen and oxygen atoms in total. The smallest absolute Gasteiger partial charge is 0.123 e. The van der Waals surface area contributed by atoms with Crippen molar-refractivity contribution in [2.75, 3.05) is 13.2 Å². The van der Waals surface area contributed by atoms with Crippen molar-refractivity contribution in [3.8, 4) is 23.8 Å². The lowest BCUT2D eigenvalue weighted by molar-refractivity contribution is 0.322. The molecule has 0 saturated heterocycles. The molecule has 0 radical (unpaired) electrons. The Kier molecular flexibility index (Phi) is 6.03. The highest BCUT2D eigenvalue weighted by Gasteiger charge is 2.02. The third-order valence-corrected chi connectivity index (χ3v) is 2.35. The predicted molar refractivity (Wildman–Crippen MR) is 70.6 cm³/mol. The number of hydrogen-bond donors (Lipinski definition) is 0. The van der Waals surface area contributed by atoms with E-state index in [9.17, 15) is 0 Å². The number of hydrogen-bond acceptors (Lipinski definition) is 2. The van der Waals surface area contributed by atoms with Gasteiger partial charge in [-0.3, -0.25) is 0 Å². The molecule has 0 aliphatic carbocycles. The molecule has 0 aliphatic heterocycles. The number of aryl methyl sites for hydroxylation is 1. The molecule has 1 aromatic rings. The van der Waals surface area contributed by atoms with Crippen LogP contribution in [0, 0.1) is 12.3 Å². The van der Waals surface area contributed by atoms with Crippen molar-refractivity contribution < 1.29 is 9.47 Å². The molecule has 0 aromatic heterocycles. The molecule has 0 spiro atoms. The number of unbranched alkanes of at least 4 members (excludes halogenated alkanes) is 1. The molecule has 0 aliphatic rings. The SMILES string of the molecule is C#CCCCc1cc(OCC)cc(OCC)c1. The second-order valence-corrected chi connectivity index (χ2v) is 3.74. The van der Waals surface area contributed by atoms with Crippen LogP contribution in [0.25, 0.3) is 0 Å². The minimum absolute atomic E-state index is 0.666. The Labute approximate surface area is 104 Å². The van der Waals surface area contributed by atoms with Crippen molar-refractivity contribution in [2.24, 2.45) is 0 Å². The number of rotatable bonds is 7. The fourth-order valence-corrected chi connectivity index (χ4v) is 1.67. The first kappa shape index (κ1) is 13.4. The van der Waals surface area contributed by atoms with Crippen LogP contribution in [0.4, 0.5) is 0 Å². The van der Waals surface area contributed by atoms with Crippen molar-refractivity contribution in [1.82, 2.24) is 0 Å². The third kappa shape index (κ3) is 4.82. The van der Waals surface area contributed by atoms with Crippen LogP contribution in [0.15, 0.2) is 18.2 Å². The van der Waals surface area contributed by atoms with Gasteiger partial charge in [0.1, 0.15) is 11.5 Å². The molecule has 17 heavy (non-hydrogen) atoms. The van der Waals surface area contributed by atoms with Crippen LogP contribution in [-0.2, 0) is 6.42 Å². The molecule has 92 valence electrons. The van der Waals surface area contributed by atoms with Gasteiger partial charge in [-0.25, -0.2) is 0 Å². The summed E-state index contributed by atoms with van der Waals surface area (Å²) in [5.74, 6) is 4.39. The van der Waals surface area contributed by atoms with Gasteiger partial charge in [-0.1, -0.05) is 0 Å². The van der Waals surface area contributed by atoms with Gasteiger partial charge >= 0.3 is 0 Å². The first-order chi connectivity index (χ1) is 8.30. The van der Waals surface area contributed by atoms with E-state index in [1.54, 1.807) is 0 Å². The second-order valence-electron chi connectivity index (χ2n) is 3.74. The maximum Gasteiger partial charge on any atom is 0.123 e. The van der Waals surface area contributed by atoms with E-state index >= 15 is 0 Å². The van der Waals surface area contributed by atoms with Crippen LogP contribution in [0.2, 0.25) is 0 Å². The fraction of sp³-hybridized carbons (Fsp3) is 0.467. The minimum Gasteiger partial charge on any atom is -0.494 e. The highest BCUT2D eigenvalue weighted by Crippen LogP contribution is 2.24. The molecule has 0 heterocycles. The topological polar surface area (TPSA) is 18.5 Å². The Balaban J connectivity index is 2.76. The summed E-state index contributed by atoms with van der Waals surface area (Å²) in [5.41, 5.74) is 1.22. The molecule has 1 aromatic carbocycles. The van der Waals surface area contributed by atoms with Crippen LogP contribution in [0.3, 0.4) is 0 Å². The quantitative estimate of drug-likeness (QED) is 0.529. The Morgan fingerprint density at radius 1 is 1.06 bits per heavy atom. The number of ether oxygens (including phenoxy) is 2. The maximum absolute atomic E-state index is 5.52. The van der Waals surface area contributed by atoms with Gasteiger partial charge in [0.2, 0.25) is 0 Å². The number of terminal acetylenes is 1. The summed E-state index contributed by atoms with van der Waals surface area (Å²) in [6.45, 7) is 5.29. The van der Waals surface area contributed by atoms with Gasteiger partial charge < -0.3 is 9.47 Å². The van der Waals surface area contributed by atoms with Gasteiger partial charge in [0, 0.05) is 12.5 Å². The summed E-state index contributed by atoms with van der Waals surface area (Å²) >= 11 is 0. The van der Waals surface area contributed by atoms with E-state index in [1.165, 1.54) is 5.56 Å². The minimum atomic E-state index is 0.666. The van der Waals surface area contributed by atoms with E-state index in [1.807, 2.05) is 19.9 Å². The van der Waals surface area contributed by atoms with Crippen LogP contribution in [-0.4, -0.2) is 13.2 Å². The van der Waals surface area contributed by atoms with Crippen molar-refractivity contribution in [3.05, 3.63) is 23.8 Å². The third-order valence-electron chi connectivity index (χ3n) is 2.35. The molecule has 0 fully saturated rings. The normalized spacial score (nSPS) is 9.71. The Bertz CT molecular complexity index is 353. The average Bonchev–Trinajstić information content (AvgIpc) is 2.30. The molecule has 0 atom stereocenters. The summed E-state index contributed by atoms with van der Waals surface area (Å²) in [4.78, 5) is 0. The Morgan fingerprint density at radius 2 is 1.65 bits per heavy atom. The van der Waals surface area contributed by atoms with E-state index < -0.39 is 0 Å². The highest BCUT2D eigenvalue weighted by atomic mass is 16.5. The Hall–Kier alpha value is -1.62. The zero-order chi connectivity index (χ0) is 12.5. The van der Waals surface area contributed by atoms with E-state index in [-0.39, 0.29) is 0 Å². The van der Waals surface area contributed by atoms with Crippen molar-refractivity contribution in [1.29, 1.82) is 0 Å². The van der Waals surface area contributed by atoms with Gasteiger partial charge in [-0.2, -0.15) is 0 Å². The summed E-state index contributed by atoms with van der Waals surface area (Å²) in [6.07, 6.45) is 8.02. The molecule has 1 rings (SSSR count). The molecular formula is C15H20O2. The largest absolute Gasteiger partial charge is 0.494 e. The van der Waals surface area contributed by atoms with Crippen LogP contribution in [0.1, 0.15) is 32.3 Å². The average molecular weight is 232 g/mol. The van der Waals surface area contributed by atoms with Gasteiger partial charge in [-0.05, 0) is 44.4 Å². The lowest BCUT2D eigenvalue weighted by atomic mass is 10.1. The van der Waals surface area contributed by atoms with E-state index in [2.05, 4.69) is 18.1 Å². The van der Waals surface area contributed by atoms with Crippen molar-refractivity contribution in [3.63, 3.8) is 0 Å². The van der Waals surface area contributed by atoms with Crippen molar-refractivity contribution >= 4 is 0 Å². The molecule has 0 saturated carbocycles. The van der Waals surface area contributed by atoms with Gasteiger partial charge in [0.05, 0.1) is 13.2 Å². The standard InChI is InChI=1S/C15H20O2/c1-4-7-8-9-13-10-14(16-5-2)12-15(11-13)17-6-3/h1,10-12H,5-9H2,2-3H3. The monoisotopic (exact) mass is 232 g/mol. The summed E-state index contributed by atoms with van der Waals surface area (Å²) < 4.78 is 11.0. The number of benzene rings is 1. The summed E-state index contributed by atoms with van der Waals surface area (Å²) in [5, 5.41) is 0. The summed E-state index contributed by atoms with van der Waals surface area (Å²) in [6, 6.07) is 6.04. The summed E-state index contributed by atoms with van der Waals surface area (Å²) in [7, 11) is 0. The predicted octanol–water partition coefficient (Wildman–Crippen LogP) is 3.44. The molecular weight excluding hydrogens is 212 g/mol. The lowest BCUT2D eigenvalue weighted by Crippen LogP contribution is -1.97. The molecule has 0 N–H and O–H groups in total. The fourth-order valence-electron chi connectivity index (χ4n) is 1.67.